The minimum atomic E-state index is 0.0847. The summed E-state index contributed by atoms with van der Waals surface area (Å²) in [6.07, 6.45) is 0. The van der Waals surface area contributed by atoms with Gasteiger partial charge in [0.15, 0.2) is 0 Å². The van der Waals surface area contributed by atoms with E-state index in [1.807, 2.05) is 36.2 Å². The quantitative estimate of drug-likeness (QED) is 0.800. The zero-order valence-corrected chi connectivity index (χ0v) is 8.58. The molecule has 3 heteroatoms. The van der Waals surface area contributed by atoms with Crippen LogP contribution in [0, 0.1) is 0 Å². The third-order valence-corrected chi connectivity index (χ3v) is 2.41. The molecule has 1 aromatic carbocycles. The van der Waals surface area contributed by atoms with Crippen LogP contribution >= 0.6 is 15.9 Å². The minimum Gasteiger partial charge on any atom is -0.381 e. The van der Waals surface area contributed by atoms with E-state index in [0.29, 0.717) is 0 Å². The second-order valence-corrected chi connectivity index (χ2v) is 3.60. The SMILES string of the molecule is CN(CO)Cc1ccccc1Br. The van der Waals surface area contributed by atoms with Crippen molar-refractivity contribution in [1.82, 2.24) is 4.90 Å². The molecule has 0 spiro atoms. The van der Waals surface area contributed by atoms with Gasteiger partial charge in [0.1, 0.15) is 0 Å². The van der Waals surface area contributed by atoms with Crippen molar-refractivity contribution in [3.8, 4) is 0 Å². The van der Waals surface area contributed by atoms with E-state index in [9.17, 15) is 0 Å². The highest BCUT2D eigenvalue weighted by atomic mass is 79.9. The van der Waals surface area contributed by atoms with Gasteiger partial charge in [0.05, 0.1) is 6.73 Å². The fraction of sp³-hybridized carbons (Fsp3) is 0.333. The first-order chi connectivity index (χ1) is 5.74. The third-order valence-electron chi connectivity index (χ3n) is 1.64. The van der Waals surface area contributed by atoms with Crippen LogP contribution < -0.4 is 0 Å². The summed E-state index contributed by atoms with van der Waals surface area (Å²) in [6.45, 7) is 0.846. The third kappa shape index (κ3) is 2.59. The van der Waals surface area contributed by atoms with Crippen molar-refractivity contribution in [2.24, 2.45) is 0 Å². The first kappa shape index (κ1) is 9.71. The molecule has 0 amide bonds. The number of aliphatic hydroxyl groups excluding tert-OH is 1. The van der Waals surface area contributed by atoms with Crippen molar-refractivity contribution in [2.75, 3.05) is 13.8 Å². The lowest BCUT2D eigenvalue weighted by molar-refractivity contribution is 0.127. The smallest absolute Gasteiger partial charge is 0.0956 e. The standard InChI is InChI=1S/C9H12BrNO/c1-11(7-12)6-8-4-2-3-5-9(8)10/h2-5,12H,6-7H2,1H3. The van der Waals surface area contributed by atoms with Crippen molar-refractivity contribution >= 4 is 15.9 Å². The van der Waals surface area contributed by atoms with E-state index >= 15 is 0 Å². The number of benzene rings is 1. The van der Waals surface area contributed by atoms with Crippen LogP contribution in [-0.4, -0.2) is 23.8 Å². The second-order valence-electron chi connectivity index (χ2n) is 2.75. The van der Waals surface area contributed by atoms with Gasteiger partial charge in [0, 0.05) is 11.0 Å². The molecule has 0 radical (unpaired) electrons. The number of rotatable bonds is 3. The lowest BCUT2D eigenvalue weighted by Gasteiger charge is -2.13. The van der Waals surface area contributed by atoms with Gasteiger partial charge < -0.3 is 5.11 Å². The summed E-state index contributed by atoms with van der Waals surface area (Å²) in [5.41, 5.74) is 1.19. The van der Waals surface area contributed by atoms with Crippen molar-refractivity contribution < 1.29 is 5.11 Å². The summed E-state index contributed by atoms with van der Waals surface area (Å²) in [5.74, 6) is 0. The van der Waals surface area contributed by atoms with Gasteiger partial charge in [0.25, 0.3) is 0 Å². The monoisotopic (exact) mass is 229 g/mol. The van der Waals surface area contributed by atoms with E-state index in [2.05, 4.69) is 15.9 Å². The van der Waals surface area contributed by atoms with Crippen LogP contribution in [0.1, 0.15) is 5.56 Å². The van der Waals surface area contributed by atoms with E-state index in [0.717, 1.165) is 11.0 Å². The lowest BCUT2D eigenvalue weighted by atomic mass is 10.2. The molecule has 12 heavy (non-hydrogen) atoms. The molecule has 1 N–H and O–H groups in total. The van der Waals surface area contributed by atoms with Crippen molar-refractivity contribution in [3.63, 3.8) is 0 Å². The molecule has 0 bridgehead atoms. The van der Waals surface area contributed by atoms with Crippen molar-refractivity contribution in [1.29, 1.82) is 0 Å². The Bertz CT molecular complexity index is 252. The minimum absolute atomic E-state index is 0.0847. The molecule has 1 rings (SSSR count). The molecule has 2 nitrogen and oxygen atoms in total. The molecule has 0 atom stereocenters. The van der Waals surface area contributed by atoms with Gasteiger partial charge in [-0.3, -0.25) is 4.90 Å². The zero-order valence-electron chi connectivity index (χ0n) is 7.00. The fourth-order valence-corrected chi connectivity index (χ4v) is 1.38. The Kier molecular flexibility index (Phi) is 3.72. The Morgan fingerprint density at radius 3 is 2.67 bits per heavy atom. The maximum Gasteiger partial charge on any atom is 0.0956 e. The predicted octanol–water partition coefficient (Wildman–Crippen LogP) is 1.83. The van der Waals surface area contributed by atoms with Crippen LogP contribution in [0.15, 0.2) is 28.7 Å². The zero-order chi connectivity index (χ0) is 8.97. The summed E-state index contributed by atoms with van der Waals surface area (Å²) >= 11 is 3.45. The number of hydrogen-bond acceptors (Lipinski definition) is 2. The molecule has 0 saturated heterocycles. The van der Waals surface area contributed by atoms with Gasteiger partial charge >= 0.3 is 0 Å². The number of hydrogen-bond donors (Lipinski definition) is 1. The van der Waals surface area contributed by atoms with Crippen molar-refractivity contribution in [2.45, 2.75) is 6.54 Å². The summed E-state index contributed by atoms with van der Waals surface area (Å²) < 4.78 is 1.09. The van der Waals surface area contributed by atoms with E-state index < -0.39 is 0 Å². The lowest BCUT2D eigenvalue weighted by Crippen LogP contribution is -2.18. The first-order valence-corrected chi connectivity index (χ1v) is 4.56. The Morgan fingerprint density at radius 1 is 1.42 bits per heavy atom. The Labute approximate surface area is 80.9 Å². The van der Waals surface area contributed by atoms with Gasteiger partial charge in [-0.1, -0.05) is 34.1 Å². The molecular weight excluding hydrogens is 218 g/mol. The fourth-order valence-electron chi connectivity index (χ4n) is 0.967. The van der Waals surface area contributed by atoms with Crippen LogP contribution in [0.4, 0.5) is 0 Å². The highest BCUT2D eigenvalue weighted by molar-refractivity contribution is 9.10. The number of aliphatic hydroxyl groups is 1. The normalized spacial score (nSPS) is 10.7. The summed E-state index contributed by atoms with van der Waals surface area (Å²) in [7, 11) is 1.87. The van der Waals surface area contributed by atoms with Gasteiger partial charge in [-0.25, -0.2) is 0 Å². The largest absolute Gasteiger partial charge is 0.381 e. The molecule has 0 fully saturated rings. The number of halogens is 1. The Morgan fingerprint density at radius 2 is 2.08 bits per heavy atom. The van der Waals surface area contributed by atoms with E-state index in [1.54, 1.807) is 0 Å². The molecule has 0 saturated carbocycles. The average Bonchev–Trinajstić information content (AvgIpc) is 2.09. The van der Waals surface area contributed by atoms with Crippen LogP contribution in [-0.2, 0) is 6.54 Å². The molecule has 0 aliphatic carbocycles. The number of nitrogens with zero attached hydrogens (tertiary/aromatic N) is 1. The maximum absolute atomic E-state index is 8.80. The Balaban J connectivity index is 2.69. The summed E-state index contributed by atoms with van der Waals surface area (Å²) in [6, 6.07) is 8.01. The topological polar surface area (TPSA) is 23.5 Å². The average molecular weight is 230 g/mol. The van der Waals surface area contributed by atoms with Crippen LogP contribution in [0.25, 0.3) is 0 Å². The molecule has 0 aromatic heterocycles. The Hall–Kier alpha value is -0.380. The predicted molar refractivity (Wildman–Crippen MR) is 52.7 cm³/mol. The molecule has 0 unspecified atom stereocenters. The summed E-state index contributed by atoms with van der Waals surface area (Å²) in [4.78, 5) is 1.83. The maximum atomic E-state index is 8.80. The van der Waals surface area contributed by atoms with Gasteiger partial charge in [-0.15, -0.1) is 0 Å². The van der Waals surface area contributed by atoms with Crippen LogP contribution in [0.3, 0.4) is 0 Å². The van der Waals surface area contributed by atoms with E-state index in [-0.39, 0.29) is 6.73 Å². The molecular formula is C9H12BrNO. The van der Waals surface area contributed by atoms with Gasteiger partial charge in [0.2, 0.25) is 0 Å². The molecule has 66 valence electrons. The van der Waals surface area contributed by atoms with Crippen LogP contribution in [0.2, 0.25) is 0 Å². The van der Waals surface area contributed by atoms with Crippen LogP contribution in [0.5, 0.6) is 0 Å². The van der Waals surface area contributed by atoms with Crippen molar-refractivity contribution in [3.05, 3.63) is 34.3 Å². The molecule has 1 aromatic rings. The molecule has 0 aliphatic heterocycles. The van der Waals surface area contributed by atoms with E-state index in [4.69, 9.17) is 5.11 Å². The highest BCUT2D eigenvalue weighted by Gasteiger charge is 2.00. The first-order valence-electron chi connectivity index (χ1n) is 3.77. The molecule has 0 heterocycles. The molecule has 0 aliphatic rings. The van der Waals surface area contributed by atoms with Gasteiger partial charge in [-0.05, 0) is 18.7 Å². The van der Waals surface area contributed by atoms with Gasteiger partial charge in [-0.2, -0.15) is 0 Å². The van der Waals surface area contributed by atoms with E-state index in [1.165, 1.54) is 5.56 Å². The summed E-state index contributed by atoms with van der Waals surface area (Å²) in [5, 5.41) is 8.80. The second kappa shape index (κ2) is 4.60. The highest BCUT2D eigenvalue weighted by Crippen LogP contribution is 2.16.